The molecule has 2 heterocycles. The number of alkyl halides is 2. The number of anilines is 3. The predicted molar refractivity (Wildman–Crippen MR) is 142 cm³/mol. The first-order chi connectivity index (χ1) is 17.9. The maximum absolute atomic E-state index is 13.6. The first-order valence-corrected chi connectivity index (χ1v) is 13.8. The van der Waals surface area contributed by atoms with Crippen LogP contribution in [0.4, 0.5) is 26.2 Å². The third-order valence-corrected chi connectivity index (χ3v) is 7.46. The summed E-state index contributed by atoms with van der Waals surface area (Å²) >= 11 is 6.01. The quantitative estimate of drug-likeness (QED) is 0.371. The van der Waals surface area contributed by atoms with Gasteiger partial charge in [-0.3, -0.25) is 14.8 Å². The third-order valence-electron chi connectivity index (χ3n) is 5.94. The number of amides is 1. The van der Waals surface area contributed by atoms with Gasteiger partial charge in [-0.05, 0) is 48.4 Å². The monoisotopic (exact) mass is 565 g/mol. The Bertz CT molecular complexity index is 1430. The van der Waals surface area contributed by atoms with E-state index in [0.29, 0.717) is 27.7 Å². The second-order valence-electron chi connectivity index (χ2n) is 8.90. The van der Waals surface area contributed by atoms with E-state index in [1.54, 1.807) is 42.2 Å². The number of hydrogen-bond donors (Lipinski definition) is 3. The molecule has 1 aromatic heterocycles. The molecule has 1 amide bonds. The molecule has 3 aromatic rings. The summed E-state index contributed by atoms with van der Waals surface area (Å²) in [7, 11) is -3.79. The summed E-state index contributed by atoms with van der Waals surface area (Å²) in [6.45, 7) is 1.43. The van der Waals surface area contributed by atoms with Crippen LogP contribution in [0.15, 0.2) is 48.5 Å². The van der Waals surface area contributed by atoms with Crippen molar-refractivity contribution in [3.8, 4) is 11.1 Å². The smallest absolute Gasteiger partial charge is 0.258 e. The van der Waals surface area contributed by atoms with Gasteiger partial charge in [0.25, 0.3) is 11.8 Å². The van der Waals surface area contributed by atoms with Crippen molar-refractivity contribution < 1.29 is 27.1 Å². The molecule has 9 nitrogen and oxygen atoms in total. The molecule has 0 spiro atoms. The fourth-order valence-corrected chi connectivity index (χ4v) is 4.98. The number of carbonyl (C=O) groups is 1. The Kier molecular flexibility index (Phi) is 8.14. The minimum absolute atomic E-state index is 0.0112. The first-order valence-electron chi connectivity index (χ1n) is 11.8. The lowest BCUT2D eigenvalue weighted by atomic mass is 9.98. The van der Waals surface area contributed by atoms with Gasteiger partial charge in [0.1, 0.15) is 5.82 Å². The second kappa shape index (κ2) is 11.2. The number of piperidine rings is 1. The minimum atomic E-state index is -3.79. The zero-order chi connectivity index (χ0) is 27.5. The van der Waals surface area contributed by atoms with E-state index in [1.165, 1.54) is 18.2 Å². The Morgan fingerprint density at radius 2 is 1.79 bits per heavy atom. The van der Waals surface area contributed by atoms with Gasteiger partial charge in [0, 0.05) is 54.0 Å². The standard InChI is InChI=1S/C25H26ClF2N5O4S/c1-16-14-22(33-10-8-25(27,28)9-11-33)30-24(29-16)31-23(35)20-7-6-19(32-38(36,37)13-12-34)15-21(20)17-2-4-18(26)5-3-17/h2-7,14-15,32,34H,8-13H2,1H3,(H,29,30,31,35). The van der Waals surface area contributed by atoms with Crippen LogP contribution in [0, 0.1) is 6.92 Å². The highest BCUT2D eigenvalue weighted by atomic mass is 35.5. The van der Waals surface area contributed by atoms with E-state index in [0.717, 1.165) is 0 Å². The average Bonchev–Trinajstić information content (AvgIpc) is 2.83. The Morgan fingerprint density at radius 3 is 2.45 bits per heavy atom. The van der Waals surface area contributed by atoms with Crippen molar-refractivity contribution >= 4 is 45.0 Å². The number of carbonyl (C=O) groups excluding carboxylic acids is 1. The fraction of sp³-hybridized carbons (Fsp3) is 0.320. The van der Waals surface area contributed by atoms with E-state index in [9.17, 15) is 22.0 Å². The molecule has 0 bridgehead atoms. The molecular formula is C25H26ClF2N5O4S. The molecule has 0 atom stereocenters. The Balaban J connectivity index is 1.64. The van der Waals surface area contributed by atoms with Crippen LogP contribution in [0.5, 0.6) is 0 Å². The topological polar surface area (TPSA) is 125 Å². The largest absolute Gasteiger partial charge is 0.395 e. The molecule has 1 fully saturated rings. The van der Waals surface area contributed by atoms with Crippen molar-refractivity contribution in [2.45, 2.75) is 25.7 Å². The summed E-state index contributed by atoms with van der Waals surface area (Å²) in [6, 6.07) is 12.7. The summed E-state index contributed by atoms with van der Waals surface area (Å²) in [4.78, 5) is 23.7. The number of nitrogens with zero attached hydrogens (tertiary/aromatic N) is 3. The molecule has 0 saturated carbocycles. The Morgan fingerprint density at radius 1 is 1.11 bits per heavy atom. The molecule has 4 rings (SSSR count). The van der Waals surface area contributed by atoms with Crippen LogP contribution < -0.4 is 14.9 Å². The number of halogens is 3. The number of benzene rings is 2. The van der Waals surface area contributed by atoms with Gasteiger partial charge in [0.15, 0.2) is 0 Å². The van der Waals surface area contributed by atoms with E-state index in [-0.39, 0.29) is 43.1 Å². The van der Waals surface area contributed by atoms with Gasteiger partial charge in [0.05, 0.1) is 12.4 Å². The number of aromatic nitrogens is 2. The van der Waals surface area contributed by atoms with Crippen LogP contribution >= 0.6 is 11.6 Å². The van der Waals surface area contributed by atoms with Crippen LogP contribution in [0.3, 0.4) is 0 Å². The first kappa shape index (κ1) is 27.7. The number of aryl methyl sites for hydroxylation is 1. The number of sulfonamides is 1. The minimum Gasteiger partial charge on any atom is -0.395 e. The Hall–Kier alpha value is -3.35. The molecule has 1 aliphatic heterocycles. The van der Waals surface area contributed by atoms with Gasteiger partial charge in [-0.15, -0.1) is 0 Å². The van der Waals surface area contributed by atoms with E-state index in [2.05, 4.69) is 20.0 Å². The molecular weight excluding hydrogens is 540 g/mol. The average molecular weight is 566 g/mol. The van der Waals surface area contributed by atoms with Crippen molar-refractivity contribution in [2.75, 3.05) is 40.4 Å². The van der Waals surface area contributed by atoms with Crippen LogP contribution in [0.2, 0.25) is 5.02 Å². The predicted octanol–water partition coefficient (Wildman–Crippen LogP) is 4.33. The van der Waals surface area contributed by atoms with Crippen molar-refractivity contribution in [1.29, 1.82) is 0 Å². The lowest BCUT2D eigenvalue weighted by molar-refractivity contribution is -0.0221. The lowest BCUT2D eigenvalue weighted by Gasteiger charge is -2.32. The number of rotatable bonds is 8. The van der Waals surface area contributed by atoms with Gasteiger partial charge in [0.2, 0.25) is 16.0 Å². The fourth-order valence-electron chi connectivity index (χ4n) is 4.03. The third kappa shape index (κ3) is 6.94. The highest BCUT2D eigenvalue weighted by Crippen LogP contribution is 2.31. The molecule has 0 aliphatic carbocycles. The van der Waals surface area contributed by atoms with Crippen molar-refractivity contribution in [2.24, 2.45) is 0 Å². The van der Waals surface area contributed by atoms with Crippen LogP contribution in [0.25, 0.3) is 11.1 Å². The zero-order valence-corrected chi connectivity index (χ0v) is 22.0. The molecule has 1 saturated heterocycles. The molecule has 1 aliphatic rings. The van der Waals surface area contributed by atoms with Crippen LogP contribution in [-0.4, -0.2) is 60.8 Å². The van der Waals surface area contributed by atoms with Crippen molar-refractivity contribution in [3.05, 3.63) is 64.8 Å². The highest BCUT2D eigenvalue weighted by Gasteiger charge is 2.34. The van der Waals surface area contributed by atoms with Crippen LogP contribution in [0.1, 0.15) is 28.9 Å². The number of hydrogen-bond acceptors (Lipinski definition) is 7. The maximum Gasteiger partial charge on any atom is 0.258 e. The molecule has 202 valence electrons. The number of aliphatic hydroxyl groups excluding tert-OH is 1. The summed E-state index contributed by atoms with van der Waals surface area (Å²) in [5.74, 6) is -3.28. The van der Waals surface area contributed by atoms with E-state index in [4.69, 9.17) is 16.7 Å². The van der Waals surface area contributed by atoms with Gasteiger partial charge in [-0.2, -0.15) is 4.98 Å². The summed E-state index contributed by atoms with van der Waals surface area (Å²) in [5, 5.41) is 12.2. The molecule has 2 aromatic carbocycles. The summed E-state index contributed by atoms with van der Waals surface area (Å²) in [5.41, 5.74) is 1.98. The van der Waals surface area contributed by atoms with Crippen LogP contribution in [-0.2, 0) is 10.0 Å². The Labute approximate surface area is 223 Å². The van der Waals surface area contributed by atoms with E-state index in [1.807, 2.05) is 0 Å². The lowest BCUT2D eigenvalue weighted by Crippen LogP contribution is -2.39. The summed E-state index contributed by atoms with van der Waals surface area (Å²) < 4.78 is 53.9. The van der Waals surface area contributed by atoms with Gasteiger partial charge < -0.3 is 10.0 Å². The van der Waals surface area contributed by atoms with Crippen molar-refractivity contribution in [3.63, 3.8) is 0 Å². The molecule has 13 heteroatoms. The van der Waals surface area contributed by atoms with Crippen molar-refractivity contribution in [1.82, 2.24) is 9.97 Å². The highest BCUT2D eigenvalue weighted by molar-refractivity contribution is 7.92. The summed E-state index contributed by atoms with van der Waals surface area (Å²) in [6.07, 6.45) is -0.562. The van der Waals surface area contributed by atoms with Gasteiger partial charge >= 0.3 is 0 Å². The maximum atomic E-state index is 13.6. The number of aliphatic hydroxyl groups is 1. The van der Waals surface area contributed by atoms with Gasteiger partial charge in [-0.25, -0.2) is 22.2 Å². The van der Waals surface area contributed by atoms with E-state index >= 15 is 0 Å². The zero-order valence-electron chi connectivity index (χ0n) is 20.4. The van der Waals surface area contributed by atoms with E-state index < -0.39 is 34.2 Å². The molecule has 0 unspecified atom stereocenters. The van der Waals surface area contributed by atoms with Gasteiger partial charge in [-0.1, -0.05) is 23.7 Å². The number of nitrogens with one attached hydrogen (secondary N) is 2. The molecule has 38 heavy (non-hydrogen) atoms. The normalized spacial score (nSPS) is 15.2. The second-order valence-corrected chi connectivity index (χ2v) is 11.2. The molecule has 3 N–H and O–H groups in total. The SMILES string of the molecule is Cc1cc(N2CCC(F)(F)CC2)nc(NC(=O)c2ccc(NS(=O)(=O)CCO)cc2-c2ccc(Cl)cc2)n1. The molecule has 0 radical (unpaired) electrons.